The Balaban J connectivity index is 1.66. The van der Waals surface area contributed by atoms with Crippen LogP contribution < -0.4 is 5.32 Å². The molecule has 1 atom stereocenters. The summed E-state index contributed by atoms with van der Waals surface area (Å²) in [7, 11) is 0. The van der Waals surface area contributed by atoms with Crippen LogP contribution in [-0.2, 0) is 0 Å². The molecule has 2 aliphatic heterocycles. The zero-order valence-electron chi connectivity index (χ0n) is 11.5. The number of hydrogen-bond donors (Lipinski definition) is 1. The number of piperidine rings is 1. The van der Waals surface area contributed by atoms with E-state index in [0.29, 0.717) is 0 Å². The fourth-order valence-electron chi connectivity index (χ4n) is 3.10. The molecule has 0 aliphatic carbocycles. The topological polar surface area (TPSA) is 18.5 Å². The molecule has 3 nitrogen and oxygen atoms in total. The lowest BCUT2D eigenvalue weighted by Crippen LogP contribution is -2.41. The van der Waals surface area contributed by atoms with Gasteiger partial charge in [0.15, 0.2) is 0 Å². The normalized spacial score (nSPS) is 29.1. The highest BCUT2D eigenvalue weighted by molar-refractivity contribution is 4.74. The maximum atomic E-state index is 3.48. The first-order valence-electron chi connectivity index (χ1n) is 7.54. The summed E-state index contributed by atoms with van der Waals surface area (Å²) in [5.74, 6) is 0.967. The summed E-state index contributed by atoms with van der Waals surface area (Å²) in [4.78, 5) is 5.32. The molecule has 3 heteroatoms. The Hall–Kier alpha value is -0.120. The van der Waals surface area contributed by atoms with Crippen molar-refractivity contribution in [2.24, 2.45) is 5.92 Å². The summed E-state index contributed by atoms with van der Waals surface area (Å²) in [6.07, 6.45) is 5.56. The van der Waals surface area contributed by atoms with Gasteiger partial charge < -0.3 is 15.1 Å². The third-order valence-electron chi connectivity index (χ3n) is 4.35. The minimum atomic E-state index is 0.967. The predicted molar refractivity (Wildman–Crippen MR) is 73.4 cm³/mol. The van der Waals surface area contributed by atoms with E-state index < -0.39 is 0 Å². The highest BCUT2D eigenvalue weighted by atomic mass is 15.2. The van der Waals surface area contributed by atoms with Crippen LogP contribution in [0.2, 0.25) is 0 Å². The molecule has 0 saturated carbocycles. The summed E-state index contributed by atoms with van der Waals surface area (Å²) in [6.45, 7) is 12.5. The van der Waals surface area contributed by atoms with Gasteiger partial charge in [0.2, 0.25) is 0 Å². The van der Waals surface area contributed by atoms with Crippen molar-refractivity contribution in [1.82, 2.24) is 15.1 Å². The van der Waals surface area contributed by atoms with E-state index in [1.807, 2.05) is 0 Å². The Morgan fingerprint density at radius 2 is 1.82 bits per heavy atom. The molecule has 0 amide bonds. The quantitative estimate of drug-likeness (QED) is 0.800. The highest BCUT2D eigenvalue weighted by Gasteiger charge is 2.18. The van der Waals surface area contributed by atoms with E-state index in [2.05, 4.69) is 22.0 Å². The highest BCUT2D eigenvalue weighted by Crippen LogP contribution is 2.18. The monoisotopic (exact) mass is 239 g/mol. The second kappa shape index (κ2) is 7.34. The molecule has 1 N–H and O–H groups in total. The Bertz CT molecular complexity index is 200. The van der Waals surface area contributed by atoms with Crippen molar-refractivity contribution in [1.29, 1.82) is 0 Å². The number of likely N-dealkylation sites (tertiary alicyclic amines) is 1. The molecular formula is C14H29N3. The Morgan fingerprint density at radius 1 is 1.00 bits per heavy atom. The lowest BCUT2D eigenvalue weighted by Gasteiger charge is -2.33. The van der Waals surface area contributed by atoms with E-state index in [9.17, 15) is 0 Å². The molecular weight excluding hydrogens is 210 g/mol. The average molecular weight is 239 g/mol. The van der Waals surface area contributed by atoms with Crippen molar-refractivity contribution in [3.63, 3.8) is 0 Å². The van der Waals surface area contributed by atoms with Crippen LogP contribution in [-0.4, -0.2) is 62.2 Å². The van der Waals surface area contributed by atoms with Crippen LogP contribution in [0, 0.1) is 5.92 Å². The second-order valence-corrected chi connectivity index (χ2v) is 5.66. The lowest BCUT2D eigenvalue weighted by atomic mass is 9.96. The van der Waals surface area contributed by atoms with E-state index in [4.69, 9.17) is 0 Å². The zero-order chi connectivity index (χ0) is 11.9. The maximum Gasteiger partial charge on any atom is 0.0110 e. The molecule has 0 aromatic carbocycles. The second-order valence-electron chi connectivity index (χ2n) is 5.66. The summed E-state index contributed by atoms with van der Waals surface area (Å²) < 4.78 is 0. The lowest BCUT2D eigenvalue weighted by molar-refractivity contribution is 0.148. The van der Waals surface area contributed by atoms with Crippen LogP contribution >= 0.6 is 0 Å². The summed E-state index contributed by atoms with van der Waals surface area (Å²) in [6, 6.07) is 0. The van der Waals surface area contributed by atoms with Gasteiger partial charge in [-0.1, -0.05) is 13.3 Å². The van der Waals surface area contributed by atoms with E-state index in [-0.39, 0.29) is 0 Å². The molecule has 2 saturated heterocycles. The summed E-state index contributed by atoms with van der Waals surface area (Å²) in [5, 5.41) is 3.48. The molecule has 100 valence electrons. The van der Waals surface area contributed by atoms with Crippen molar-refractivity contribution in [2.75, 3.05) is 52.4 Å². The molecule has 0 spiro atoms. The van der Waals surface area contributed by atoms with Gasteiger partial charge in [-0.25, -0.2) is 0 Å². The van der Waals surface area contributed by atoms with Gasteiger partial charge in [-0.05, 0) is 44.8 Å². The third kappa shape index (κ3) is 4.57. The van der Waals surface area contributed by atoms with E-state index in [1.165, 1.54) is 78.0 Å². The van der Waals surface area contributed by atoms with Crippen molar-refractivity contribution in [3.05, 3.63) is 0 Å². The number of nitrogens with zero attached hydrogens (tertiary/aromatic N) is 2. The van der Waals surface area contributed by atoms with Gasteiger partial charge in [-0.15, -0.1) is 0 Å². The predicted octanol–water partition coefficient (Wildman–Crippen LogP) is 1.40. The first-order chi connectivity index (χ1) is 8.38. The van der Waals surface area contributed by atoms with Gasteiger partial charge in [0.1, 0.15) is 0 Å². The summed E-state index contributed by atoms with van der Waals surface area (Å²) >= 11 is 0. The van der Waals surface area contributed by atoms with Gasteiger partial charge in [-0.3, -0.25) is 0 Å². The van der Waals surface area contributed by atoms with Crippen molar-refractivity contribution >= 4 is 0 Å². The summed E-state index contributed by atoms with van der Waals surface area (Å²) in [5.41, 5.74) is 0. The Morgan fingerprint density at radius 3 is 2.71 bits per heavy atom. The van der Waals surface area contributed by atoms with Gasteiger partial charge in [0, 0.05) is 32.7 Å². The fourth-order valence-corrected chi connectivity index (χ4v) is 3.10. The molecule has 0 aromatic heterocycles. The number of rotatable bonds is 4. The first-order valence-corrected chi connectivity index (χ1v) is 7.54. The van der Waals surface area contributed by atoms with Gasteiger partial charge in [-0.2, -0.15) is 0 Å². The third-order valence-corrected chi connectivity index (χ3v) is 4.35. The van der Waals surface area contributed by atoms with Crippen LogP contribution in [0.3, 0.4) is 0 Å². The number of hydrogen-bond acceptors (Lipinski definition) is 3. The maximum absolute atomic E-state index is 3.48. The van der Waals surface area contributed by atoms with Crippen LogP contribution in [0.25, 0.3) is 0 Å². The van der Waals surface area contributed by atoms with Gasteiger partial charge >= 0.3 is 0 Å². The molecule has 0 bridgehead atoms. The molecule has 2 rings (SSSR count). The van der Waals surface area contributed by atoms with E-state index >= 15 is 0 Å². The molecule has 1 unspecified atom stereocenters. The molecule has 2 fully saturated rings. The number of nitrogens with one attached hydrogen (secondary N) is 1. The molecule has 0 aromatic rings. The largest absolute Gasteiger partial charge is 0.315 e. The molecule has 17 heavy (non-hydrogen) atoms. The Labute approximate surface area is 107 Å². The van der Waals surface area contributed by atoms with Gasteiger partial charge in [0.25, 0.3) is 0 Å². The minimum Gasteiger partial charge on any atom is -0.315 e. The first kappa shape index (κ1) is 13.3. The zero-order valence-corrected chi connectivity index (χ0v) is 11.5. The minimum absolute atomic E-state index is 0.967. The van der Waals surface area contributed by atoms with Gasteiger partial charge in [0.05, 0.1) is 0 Å². The van der Waals surface area contributed by atoms with Crippen LogP contribution in [0.4, 0.5) is 0 Å². The molecule has 2 heterocycles. The van der Waals surface area contributed by atoms with Crippen LogP contribution in [0.5, 0.6) is 0 Å². The fraction of sp³-hybridized carbons (Fsp3) is 1.00. The van der Waals surface area contributed by atoms with Crippen molar-refractivity contribution in [2.45, 2.75) is 32.6 Å². The van der Waals surface area contributed by atoms with E-state index in [0.717, 1.165) is 5.92 Å². The van der Waals surface area contributed by atoms with Crippen molar-refractivity contribution in [3.8, 4) is 0 Å². The van der Waals surface area contributed by atoms with Crippen molar-refractivity contribution < 1.29 is 0 Å². The standard InChI is InChI=1S/C14H29N3/c1-2-14-5-3-8-17(13-14)12-11-16-9-4-6-15-7-10-16/h14-15H,2-13H2,1H3. The Kier molecular flexibility index (Phi) is 5.75. The van der Waals surface area contributed by atoms with Crippen LogP contribution in [0.1, 0.15) is 32.6 Å². The SMILES string of the molecule is CCC1CCCN(CCN2CCCNCC2)C1. The molecule has 2 aliphatic rings. The smallest absolute Gasteiger partial charge is 0.0110 e. The molecule has 0 radical (unpaired) electrons. The van der Waals surface area contributed by atoms with E-state index in [1.54, 1.807) is 0 Å². The average Bonchev–Trinajstić information content (AvgIpc) is 2.65. The van der Waals surface area contributed by atoms with Crippen LogP contribution in [0.15, 0.2) is 0 Å².